The quantitative estimate of drug-likeness (QED) is 0.582. The second kappa shape index (κ2) is 10.8. The fourth-order valence-corrected chi connectivity index (χ4v) is 4.99. The lowest BCUT2D eigenvalue weighted by molar-refractivity contribution is -0.141. The van der Waals surface area contributed by atoms with E-state index in [1.165, 1.54) is 4.90 Å². The van der Waals surface area contributed by atoms with Crippen molar-refractivity contribution in [2.75, 3.05) is 6.54 Å². The number of nitrogens with two attached hydrogens (primary N) is 1. The molecule has 4 atom stereocenters. The number of amides is 3. The maximum Gasteiger partial charge on any atom is 0.408 e. The van der Waals surface area contributed by atoms with E-state index in [1.54, 1.807) is 27.1 Å². The zero-order valence-corrected chi connectivity index (χ0v) is 23.5. The summed E-state index contributed by atoms with van der Waals surface area (Å²) >= 11 is 0. The van der Waals surface area contributed by atoms with E-state index in [0.717, 1.165) is 17.1 Å². The number of benzene rings is 1. The third kappa shape index (κ3) is 6.68. The summed E-state index contributed by atoms with van der Waals surface area (Å²) in [6.07, 6.45) is 5.20. The van der Waals surface area contributed by atoms with E-state index in [1.807, 2.05) is 67.8 Å². The van der Waals surface area contributed by atoms with Crippen LogP contribution >= 0.6 is 0 Å². The van der Waals surface area contributed by atoms with Gasteiger partial charge in [-0.05, 0) is 44.4 Å². The smallest absolute Gasteiger partial charge is 0.408 e. The van der Waals surface area contributed by atoms with Crippen molar-refractivity contribution in [2.45, 2.75) is 84.3 Å². The summed E-state index contributed by atoms with van der Waals surface area (Å²) in [7, 11) is 0. The Labute approximate surface area is 229 Å². The van der Waals surface area contributed by atoms with E-state index < -0.39 is 47.1 Å². The van der Waals surface area contributed by atoms with Gasteiger partial charge in [0.25, 0.3) is 0 Å². The van der Waals surface area contributed by atoms with Gasteiger partial charge in [-0.15, -0.1) is 0 Å². The van der Waals surface area contributed by atoms with Gasteiger partial charge in [0.1, 0.15) is 24.0 Å². The molecule has 2 aliphatic rings. The molecule has 210 valence electrons. The second-order valence-corrected chi connectivity index (χ2v) is 12.2. The predicted octanol–water partition coefficient (Wildman–Crippen LogP) is 3.22. The lowest BCUT2D eigenvalue weighted by Gasteiger charge is -2.35. The maximum atomic E-state index is 13.7. The largest absolute Gasteiger partial charge is 0.444 e. The van der Waals surface area contributed by atoms with E-state index in [9.17, 15) is 14.4 Å². The number of aromatic nitrogens is 2. The molecule has 3 amide bonds. The third-order valence-electron chi connectivity index (χ3n) is 6.81. The van der Waals surface area contributed by atoms with E-state index in [0.29, 0.717) is 6.42 Å². The fourth-order valence-electron chi connectivity index (χ4n) is 4.99. The molecule has 10 nitrogen and oxygen atoms in total. The number of ether oxygens (including phenoxy) is 2. The number of nitrogens with zero attached hydrogens (tertiary/aromatic N) is 3. The Morgan fingerprint density at radius 3 is 2.41 bits per heavy atom. The van der Waals surface area contributed by atoms with Crippen LogP contribution in [0.1, 0.15) is 59.4 Å². The molecular formula is C29H39N5O5. The van der Waals surface area contributed by atoms with Gasteiger partial charge in [0.05, 0.1) is 23.6 Å². The Morgan fingerprint density at radius 1 is 1.10 bits per heavy atom. The van der Waals surface area contributed by atoms with Gasteiger partial charge >= 0.3 is 6.09 Å². The molecule has 0 bridgehead atoms. The van der Waals surface area contributed by atoms with Crippen molar-refractivity contribution in [3.05, 3.63) is 54.1 Å². The first-order valence-electron chi connectivity index (χ1n) is 13.3. The Balaban J connectivity index is 1.48. The SMILES string of the molecule is CC(C)(C)OC(=O)N[C@H](C(=O)N1C[C@H](OC2C=Cc3ncn(-c4ccccc4)c3C2)C[C@H]1C(N)=O)C(C)(C)C. The normalized spacial score (nSPS) is 21.8. The minimum atomic E-state index is -0.926. The van der Waals surface area contributed by atoms with Crippen molar-refractivity contribution in [2.24, 2.45) is 11.1 Å². The highest BCUT2D eigenvalue weighted by Crippen LogP contribution is 2.30. The molecule has 3 N–H and O–H groups in total. The highest BCUT2D eigenvalue weighted by molar-refractivity contribution is 5.92. The van der Waals surface area contributed by atoms with Crippen molar-refractivity contribution in [3.8, 4) is 5.69 Å². The van der Waals surface area contributed by atoms with Gasteiger partial charge in [0.2, 0.25) is 11.8 Å². The molecule has 39 heavy (non-hydrogen) atoms. The standard InChI is InChI=1S/C29H39N5O5/c1-28(2,3)24(32-27(37)39-29(4,5)6)26(36)33-16-20(15-23(33)25(30)35)38-19-12-13-21-22(14-19)34(17-31-21)18-10-8-7-9-11-18/h7-13,17,19-20,23-24H,14-16H2,1-6H3,(H2,30,35)(H,32,37)/t19?,20-,23+,24-/m1/s1. The van der Waals surface area contributed by atoms with Crippen LogP contribution in [-0.4, -0.2) is 68.8 Å². The minimum absolute atomic E-state index is 0.185. The summed E-state index contributed by atoms with van der Waals surface area (Å²) in [6.45, 7) is 11.0. The van der Waals surface area contributed by atoms with E-state index >= 15 is 0 Å². The van der Waals surface area contributed by atoms with Crippen LogP contribution in [0.15, 0.2) is 42.7 Å². The molecule has 1 aliphatic carbocycles. The Hall–Kier alpha value is -3.66. The number of carbonyl (C=O) groups excluding carboxylic acids is 3. The van der Waals surface area contributed by atoms with Crippen LogP contribution in [0, 0.1) is 5.41 Å². The average molecular weight is 538 g/mol. The van der Waals surface area contributed by atoms with Gasteiger partial charge < -0.3 is 30.0 Å². The van der Waals surface area contributed by atoms with E-state index in [-0.39, 0.29) is 19.1 Å². The molecule has 2 heterocycles. The van der Waals surface area contributed by atoms with Crippen molar-refractivity contribution in [3.63, 3.8) is 0 Å². The molecule has 1 fully saturated rings. The predicted molar refractivity (Wildman–Crippen MR) is 147 cm³/mol. The van der Waals surface area contributed by atoms with Crippen molar-refractivity contribution < 1.29 is 23.9 Å². The third-order valence-corrected chi connectivity index (χ3v) is 6.81. The number of fused-ring (bicyclic) bond motifs is 1. The molecule has 0 saturated carbocycles. The van der Waals surface area contributed by atoms with Gasteiger partial charge in [-0.3, -0.25) is 9.59 Å². The summed E-state index contributed by atoms with van der Waals surface area (Å²) in [6, 6.07) is 8.19. The number of carbonyl (C=O) groups is 3. The number of hydrogen-bond acceptors (Lipinski definition) is 6. The molecule has 1 unspecified atom stereocenters. The number of alkyl carbamates (subject to hydrolysis) is 1. The molecule has 1 aliphatic heterocycles. The van der Waals surface area contributed by atoms with Gasteiger partial charge in [-0.2, -0.15) is 0 Å². The van der Waals surface area contributed by atoms with Gasteiger partial charge in [0, 0.05) is 25.1 Å². The molecule has 4 rings (SSSR count). The van der Waals surface area contributed by atoms with Crippen LogP contribution in [-0.2, 0) is 25.5 Å². The van der Waals surface area contributed by atoms with Gasteiger partial charge in [-0.25, -0.2) is 9.78 Å². The van der Waals surface area contributed by atoms with Crippen molar-refractivity contribution >= 4 is 24.0 Å². The molecule has 2 aromatic rings. The summed E-state index contributed by atoms with van der Waals surface area (Å²) < 4.78 is 13.8. The fraction of sp³-hybridized carbons (Fsp3) is 0.517. The number of rotatable bonds is 6. The molecule has 10 heteroatoms. The van der Waals surface area contributed by atoms with Crippen molar-refractivity contribution in [1.82, 2.24) is 19.8 Å². The van der Waals surface area contributed by atoms with Crippen molar-refractivity contribution in [1.29, 1.82) is 0 Å². The number of likely N-dealkylation sites (tertiary alicyclic amines) is 1. The summed E-state index contributed by atoms with van der Waals surface area (Å²) in [4.78, 5) is 44.7. The van der Waals surface area contributed by atoms with Crippen LogP contribution < -0.4 is 11.1 Å². The Kier molecular flexibility index (Phi) is 7.88. The summed E-state index contributed by atoms with van der Waals surface area (Å²) in [5, 5.41) is 2.71. The highest BCUT2D eigenvalue weighted by atomic mass is 16.6. The maximum absolute atomic E-state index is 13.7. The lowest BCUT2D eigenvalue weighted by Crippen LogP contribution is -2.58. The summed E-state index contributed by atoms with van der Waals surface area (Å²) in [5.41, 5.74) is 7.28. The number of primary amides is 1. The van der Waals surface area contributed by atoms with Crippen LogP contribution in [0.2, 0.25) is 0 Å². The molecular weight excluding hydrogens is 498 g/mol. The zero-order valence-electron chi connectivity index (χ0n) is 23.5. The zero-order chi connectivity index (χ0) is 28.5. The number of para-hydroxylation sites is 1. The summed E-state index contributed by atoms with van der Waals surface area (Å²) in [5.74, 6) is -1.00. The highest BCUT2D eigenvalue weighted by Gasteiger charge is 2.45. The molecule has 0 spiro atoms. The second-order valence-electron chi connectivity index (χ2n) is 12.2. The Morgan fingerprint density at radius 2 is 1.79 bits per heavy atom. The lowest BCUT2D eigenvalue weighted by atomic mass is 9.85. The Bertz CT molecular complexity index is 1240. The molecule has 1 aromatic carbocycles. The number of imidazole rings is 1. The molecule has 1 aromatic heterocycles. The molecule has 1 saturated heterocycles. The van der Waals surface area contributed by atoms with Crippen LogP contribution in [0.5, 0.6) is 0 Å². The van der Waals surface area contributed by atoms with Gasteiger partial charge in [0.15, 0.2) is 0 Å². The van der Waals surface area contributed by atoms with Crippen LogP contribution in [0.3, 0.4) is 0 Å². The molecule has 0 radical (unpaired) electrons. The van der Waals surface area contributed by atoms with Gasteiger partial charge in [-0.1, -0.05) is 45.0 Å². The minimum Gasteiger partial charge on any atom is -0.444 e. The van der Waals surface area contributed by atoms with E-state index in [4.69, 9.17) is 15.2 Å². The van der Waals surface area contributed by atoms with Crippen LogP contribution in [0.25, 0.3) is 11.8 Å². The van der Waals surface area contributed by atoms with Crippen LogP contribution in [0.4, 0.5) is 4.79 Å². The van der Waals surface area contributed by atoms with E-state index in [2.05, 4.69) is 10.3 Å². The topological polar surface area (TPSA) is 129 Å². The number of nitrogens with one attached hydrogen (secondary N) is 1. The monoisotopic (exact) mass is 537 g/mol. The average Bonchev–Trinajstić information content (AvgIpc) is 3.45. The first-order chi connectivity index (χ1) is 18.2. The number of hydrogen-bond donors (Lipinski definition) is 2. The first-order valence-corrected chi connectivity index (χ1v) is 13.3. The first kappa shape index (κ1) is 28.4.